The van der Waals surface area contributed by atoms with E-state index in [-0.39, 0.29) is 18.3 Å². The Balaban J connectivity index is 1.56. The van der Waals surface area contributed by atoms with Crippen molar-refractivity contribution in [3.8, 4) is 27.4 Å². The molecule has 1 aliphatic heterocycles. The summed E-state index contributed by atoms with van der Waals surface area (Å²) in [7, 11) is 0. The molecule has 29 heavy (non-hydrogen) atoms. The molecule has 0 atom stereocenters. The molecule has 1 aliphatic rings. The predicted molar refractivity (Wildman–Crippen MR) is 117 cm³/mol. The van der Waals surface area contributed by atoms with Crippen LogP contribution in [0, 0.1) is 5.41 Å². The molecule has 0 aliphatic carbocycles. The van der Waals surface area contributed by atoms with Gasteiger partial charge in [-0.05, 0) is 17.7 Å². The molecule has 4 rings (SSSR count). The van der Waals surface area contributed by atoms with Crippen LogP contribution in [0.1, 0.15) is 4.88 Å². The molecule has 150 valence electrons. The van der Waals surface area contributed by atoms with Gasteiger partial charge in [0.25, 0.3) is 5.91 Å². The molecule has 3 heterocycles. The Bertz CT molecular complexity index is 1010. The van der Waals surface area contributed by atoms with Crippen molar-refractivity contribution in [3.63, 3.8) is 0 Å². The minimum Gasteiger partial charge on any atom is -0.484 e. The van der Waals surface area contributed by atoms with E-state index in [1.54, 1.807) is 6.20 Å². The van der Waals surface area contributed by atoms with E-state index in [0.717, 1.165) is 34.8 Å². The maximum Gasteiger partial charge on any atom is 0.260 e. The fourth-order valence-corrected chi connectivity index (χ4v) is 4.94. The summed E-state index contributed by atoms with van der Waals surface area (Å²) in [5.74, 6) is 0.655. The average Bonchev–Trinajstić information content (AvgIpc) is 3.42. The van der Waals surface area contributed by atoms with E-state index in [1.807, 2.05) is 39.9 Å². The summed E-state index contributed by atoms with van der Waals surface area (Å²) in [6, 6.07) is 7.63. The number of carbonyl (C=O) groups excluding carboxylic acids is 1. The fraction of sp³-hybridized carbons (Fsp3) is 0.250. The zero-order valence-electron chi connectivity index (χ0n) is 15.7. The van der Waals surface area contributed by atoms with Crippen LogP contribution in [0.25, 0.3) is 21.7 Å². The number of aromatic nitrogens is 1. The number of carbonyl (C=O) groups is 1. The predicted octanol–water partition coefficient (Wildman–Crippen LogP) is 2.63. The molecular formula is C20H21N5O2S2. The highest BCUT2D eigenvalue weighted by atomic mass is 32.1. The first-order valence-corrected chi connectivity index (χ1v) is 11.0. The lowest BCUT2D eigenvalue weighted by Crippen LogP contribution is -2.47. The molecule has 0 radical (unpaired) electrons. The minimum atomic E-state index is -0.00484. The summed E-state index contributed by atoms with van der Waals surface area (Å²) in [5, 5.41) is 15.8. The van der Waals surface area contributed by atoms with Gasteiger partial charge in [0.2, 0.25) is 0 Å². The van der Waals surface area contributed by atoms with Crippen LogP contribution in [0.4, 0.5) is 0 Å². The normalized spacial score (nSPS) is 14.0. The Labute approximate surface area is 176 Å². The maximum absolute atomic E-state index is 12.3. The fourth-order valence-electron chi connectivity index (χ4n) is 3.23. The zero-order valence-corrected chi connectivity index (χ0v) is 17.3. The van der Waals surface area contributed by atoms with Gasteiger partial charge in [-0.15, -0.1) is 22.7 Å². The van der Waals surface area contributed by atoms with Gasteiger partial charge in [-0.25, -0.2) is 4.98 Å². The van der Waals surface area contributed by atoms with E-state index >= 15 is 0 Å². The molecule has 0 unspecified atom stereocenters. The molecule has 1 aromatic carbocycles. The van der Waals surface area contributed by atoms with Crippen LogP contribution < -0.4 is 15.8 Å². The van der Waals surface area contributed by atoms with Gasteiger partial charge in [0.1, 0.15) is 16.6 Å². The maximum atomic E-state index is 12.3. The van der Waals surface area contributed by atoms with E-state index in [9.17, 15) is 4.79 Å². The summed E-state index contributed by atoms with van der Waals surface area (Å²) in [6.45, 7) is 3.07. The van der Waals surface area contributed by atoms with Crippen LogP contribution in [0.5, 0.6) is 5.75 Å². The molecule has 0 saturated carbocycles. The zero-order chi connectivity index (χ0) is 20.2. The molecule has 0 bridgehead atoms. The van der Waals surface area contributed by atoms with E-state index in [2.05, 4.69) is 10.3 Å². The van der Waals surface area contributed by atoms with Crippen molar-refractivity contribution in [2.24, 2.45) is 5.73 Å². The first-order valence-electron chi connectivity index (χ1n) is 9.21. The van der Waals surface area contributed by atoms with Crippen LogP contribution >= 0.6 is 22.7 Å². The van der Waals surface area contributed by atoms with Gasteiger partial charge < -0.3 is 20.7 Å². The van der Waals surface area contributed by atoms with Crippen molar-refractivity contribution < 1.29 is 9.53 Å². The van der Waals surface area contributed by atoms with E-state index in [1.165, 1.54) is 22.7 Å². The Morgan fingerprint density at radius 3 is 2.86 bits per heavy atom. The number of thiazole rings is 1. The van der Waals surface area contributed by atoms with Gasteiger partial charge in [0, 0.05) is 54.3 Å². The lowest BCUT2D eigenvalue weighted by molar-refractivity contribution is -0.133. The van der Waals surface area contributed by atoms with Crippen molar-refractivity contribution >= 4 is 34.4 Å². The summed E-state index contributed by atoms with van der Waals surface area (Å²) in [4.78, 5) is 19.3. The van der Waals surface area contributed by atoms with E-state index < -0.39 is 0 Å². The van der Waals surface area contributed by atoms with Crippen molar-refractivity contribution in [2.45, 2.75) is 0 Å². The van der Waals surface area contributed by atoms with Crippen LogP contribution in [0.15, 0.2) is 41.2 Å². The van der Waals surface area contributed by atoms with Crippen molar-refractivity contribution in [3.05, 3.63) is 46.1 Å². The number of rotatable bonds is 6. The lowest BCUT2D eigenvalue weighted by atomic mass is 10.0. The summed E-state index contributed by atoms with van der Waals surface area (Å²) in [5.41, 5.74) is 8.55. The standard InChI is InChI=1S/C20H21N5O2S2/c21-19(22)18-17(20-24-6-9-28-20)15(12-29-18)13-2-1-3-14(10-13)27-11-16(26)25-7-4-23-5-8-25/h1-3,6,9-10,12,23H,4-5,7-8,11H2,(H3,21,22). The topological polar surface area (TPSA) is 104 Å². The first kappa shape index (κ1) is 19.6. The second kappa shape index (κ2) is 8.73. The second-order valence-electron chi connectivity index (χ2n) is 6.55. The molecule has 1 fully saturated rings. The number of nitrogens with one attached hydrogen (secondary N) is 2. The number of nitrogens with zero attached hydrogens (tertiary/aromatic N) is 2. The smallest absolute Gasteiger partial charge is 0.260 e. The SMILES string of the molecule is N=C(N)c1scc(-c2cccc(OCC(=O)N3CCNCC3)c2)c1-c1nccs1. The molecule has 3 aromatic rings. The number of hydrogen-bond acceptors (Lipinski definition) is 7. The van der Waals surface area contributed by atoms with Crippen molar-refractivity contribution in [1.82, 2.24) is 15.2 Å². The summed E-state index contributed by atoms with van der Waals surface area (Å²) in [6.07, 6.45) is 1.74. The first-order chi connectivity index (χ1) is 14.1. The molecule has 7 nitrogen and oxygen atoms in total. The quantitative estimate of drug-likeness (QED) is 0.414. The Kier molecular flexibility index (Phi) is 5.89. The number of ether oxygens (including phenoxy) is 1. The van der Waals surface area contributed by atoms with Gasteiger partial charge in [-0.3, -0.25) is 10.2 Å². The third kappa shape index (κ3) is 4.31. The number of nitrogen functional groups attached to an aromatic ring is 1. The molecule has 2 aromatic heterocycles. The van der Waals surface area contributed by atoms with Crippen molar-refractivity contribution in [1.29, 1.82) is 5.41 Å². The Hall–Kier alpha value is -2.75. The van der Waals surface area contributed by atoms with Gasteiger partial charge in [-0.2, -0.15) is 0 Å². The highest BCUT2D eigenvalue weighted by Crippen LogP contribution is 2.40. The Morgan fingerprint density at radius 1 is 1.31 bits per heavy atom. The largest absolute Gasteiger partial charge is 0.484 e. The van der Waals surface area contributed by atoms with Crippen LogP contribution in [-0.2, 0) is 4.79 Å². The molecule has 0 spiro atoms. The van der Waals surface area contributed by atoms with Crippen molar-refractivity contribution in [2.75, 3.05) is 32.8 Å². The highest BCUT2D eigenvalue weighted by molar-refractivity contribution is 7.15. The number of thiophene rings is 1. The second-order valence-corrected chi connectivity index (χ2v) is 8.33. The van der Waals surface area contributed by atoms with E-state index in [0.29, 0.717) is 23.7 Å². The minimum absolute atomic E-state index is 0.00484. The average molecular weight is 428 g/mol. The molecular weight excluding hydrogens is 406 g/mol. The monoisotopic (exact) mass is 427 g/mol. The number of benzene rings is 1. The van der Waals surface area contributed by atoms with Gasteiger partial charge in [0.05, 0.1) is 4.88 Å². The van der Waals surface area contributed by atoms with Gasteiger partial charge >= 0.3 is 0 Å². The van der Waals surface area contributed by atoms with Crippen LogP contribution in [0.2, 0.25) is 0 Å². The number of amidine groups is 1. The molecule has 1 saturated heterocycles. The summed E-state index contributed by atoms with van der Waals surface area (Å²) >= 11 is 2.94. The highest BCUT2D eigenvalue weighted by Gasteiger charge is 2.20. The third-order valence-electron chi connectivity index (χ3n) is 4.66. The van der Waals surface area contributed by atoms with Gasteiger partial charge in [0.15, 0.2) is 6.61 Å². The van der Waals surface area contributed by atoms with E-state index in [4.69, 9.17) is 15.9 Å². The molecule has 4 N–H and O–H groups in total. The number of nitrogens with two attached hydrogens (primary N) is 1. The van der Waals surface area contributed by atoms with Crippen LogP contribution in [0.3, 0.4) is 0 Å². The number of piperazine rings is 1. The van der Waals surface area contributed by atoms with Gasteiger partial charge in [-0.1, -0.05) is 12.1 Å². The number of amides is 1. The summed E-state index contributed by atoms with van der Waals surface area (Å²) < 4.78 is 5.78. The lowest BCUT2D eigenvalue weighted by Gasteiger charge is -2.27. The third-order valence-corrected chi connectivity index (χ3v) is 6.46. The number of hydrogen-bond donors (Lipinski definition) is 3. The molecule has 1 amide bonds. The molecule has 9 heteroatoms. The Morgan fingerprint density at radius 2 is 2.14 bits per heavy atom. The van der Waals surface area contributed by atoms with Crippen LogP contribution in [-0.4, -0.2) is 54.4 Å².